The number of nitrogens with two attached hydrogens (primary N) is 1. The Hall–Kier alpha value is -2.10. The van der Waals surface area contributed by atoms with Crippen molar-refractivity contribution in [1.29, 1.82) is 0 Å². The van der Waals surface area contributed by atoms with Gasteiger partial charge in [0.1, 0.15) is 5.75 Å². The second-order valence-corrected chi connectivity index (χ2v) is 4.23. The van der Waals surface area contributed by atoms with Crippen molar-refractivity contribution in [2.24, 2.45) is 5.73 Å². The second kappa shape index (κ2) is 5.49. The lowest BCUT2D eigenvalue weighted by Gasteiger charge is -2.06. The number of hydrogen-bond donors (Lipinski definition) is 1. The zero-order valence-corrected chi connectivity index (χ0v) is 10.3. The standard InChI is InChI=1S/C14H16N2O2/c1-10-4-5-11-6-7-12(9-13(11)16-10)18-8-2-3-14(15)17/h4-7,9H,2-3,8H2,1H3,(H2,15,17). The average Bonchev–Trinajstić information content (AvgIpc) is 2.34. The molecule has 4 heteroatoms. The lowest BCUT2D eigenvalue weighted by molar-refractivity contribution is -0.118. The molecule has 0 saturated heterocycles. The number of carbonyl (C=O) groups excluding carboxylic acids is 1. The SMILES string of the molecule is Cc1ccc2ccc(OCCCC(N)=O)cc2n1. The molecular formula is C14H16N2O2. The zero-order chi connectivity index (χ0) is 13.0. The Kier molecular flexibility index (Phi) is 3.77. The quantitative estimate of drug-likeness (QED) is 0.820. The smallest absolute Gasteiger partial charge is 0.217 e. The molecule has 0 aliphatic heterocycles. The first-order chi connectivity index (χ1) is 8.65. The van der Waals surface area contributed by atoms with Gasteiger partial charge in [0.15, 0.2) is 0 Å². The molecule has 94 valence electrons. The number of aryl methyl sites for hydroxylation is 1. The molecular weight excluding hydrogens is 228 g/mol. The number of aromatic nitrogens is 1. The number of ether oxygens (including phenoxy) is 1. The van der Waals surface area contributed by atoms with Crippen LogP contribution in [0.2, 0.25) is 0 Å². The van der Waals surface area contributed by atoms with Crippen LogP contribution in [0.15, 0.2) is 30.3 Å². The average molecular weight is 244 g/mol. The van der Waals surface area contributed by atoms with Crippen LogP contribution in [0.3, 0.4) is 0 Å². The maximum Gasteiger partial charge on any atom is 0.217 e. The molecule has 2 N–H and O–H groups in total. The van der Waals surface area contributed by atoms with Crippen molar-refractivity contribution < 1.29 is 9.53 Å². The molecule has 1 heterocycles. The number of fused-ring (bicyclic) bond motifs is 1. The van der Waals surface area contributed by atoms with Crippen LogP contribution in [0.4, 0.5) is 0 Å². The maximum absolute atomic E-state index is 10.6. The highest BCUT2D eigenvalue weighted by atomic mass is 16.5. The Labute approximate surface area is 106 Å². The molecule has 0 unspecified atom stereocenters. The van der Waals surface area contributed by atoms with Crippen LogP contribution in [0.5, 0.6) is 5.75 Å². The van der Waals surface area contributed by atoms with E-state index in [1.807, 2.05) is 37.3 Å². The molecule has 0 radical (unpaired) electrons. The van der Waals surface area contributed by atoms with E-state index >= 15 is 0 Å². The summed E-state index contributed by atoms with van der Waals surface area (Å²) in [4.78, 5) is 15.0. The molecule has 1 aromatic heterocycles. The number of pyridine rings is 1. The molecule has 0 aliphatic carbocycles. The van der Waals surface area contributed by atoms with Crippen molar-refractivity contribution in [1.82, 2.24) is 4.98 Å². The Morgan fingerprint density at radius 2 is 2.11 bits per heavy atom. The maximum atomic E-state index is 10.6. The first-order valence-corrected chi connectivity index (χ1v) is 5.94. The zero-order valence-electron chi connectivity index (χ0n) is 10.3. The predicted octanol–water partition coefficient (Wildman–Crippen LogP) is 2.19. The van der Waals surface area contributed by atoms with Gasteiger partial charge in [-0.3, -0.25) is 9.78 Å². The van der Waals surface area contributed by atoms with Gasteiger partial charge in [-0.25, -0.2) is 0 Å². The van der Waals surface area contributed by atoms with Crippen LogP contribution in [0, 0.1) is 6.92 Å². The summed E-state index contributed by atoms with van der Waals surface area (Å²) in [5.41, 5.74) is 6.96. The molecule has 18 heavy (non-hydrogen) atoms. The van der Waals surface area contributed by atoms with Gasteiger partial charge in [0.2, 0.25) is 5.91 Å². The molecule has 0 spiro atoms. The molecule has 2 rings (SSSR count). The van der Waals surface area contributed by atoms with Crippen LogP contribution in [0.1, 0.15) is 18.5 Å². The van der Waals surface area contributed by atoms with E-state index < -0.39 is 0 Å². The third-order valence-electron chi connectivity index (χ3n) is 2.64. The van der Waals surface area contributed by atoms with Gasteiger partial charge in [-0.05, 0) is 31.5 Å². The molecule has 0 bridgehead atoms. The molecule has 4 nitrogen and oxygen atoms in total. The Morgan fingerprint density at radius 1 is 1.33 bits per heavy atom. The van der Waals surface area contributed by atoms with Gasteiger partial charge < -0.3 is 10.5 Å². The van der Waals surface area contributed by atoms with Crippen molar-refractivity contribution in [2.45, 2.75) is 19.8 Å². The summed E-state index contributed by atoms with van der Waals surface area (Å²) in [6, 6.07) is 9.81. The van der Waals surface area contributed by atoms with E-state index in [1.54, 1.807) is 0 Å². The van der Waals surface area contributed by atoms with Crippen molar-refractivity contribution >= 4 is 16.8 Å². The van der Waals surface area contributed by atoms with Crippen molar-refractivity contribution in [2.75, 3.05) is 6.61 Å². The number of hydrogen-bond acceptors (Lipinski definition) is 3. The Bertz CT molecular complexity index is 567. The molecule has 0 atom stereocenters. The second-order valence-electron chi connectivity index (χ2n) is 4.23. The summed E-state index contributed by atoms with van der Waals surface area (Å²) in [5, 5.41) is 1.09. The number of benzene rings is 1. The van der Waals surface area contributed by atoms with Gasteiger partial charge in [-0.15, -0.1) is 0 Å². The van der Waals surface area contributed by atoms with Gasteiger partial charge in [0.05, 0.1) is 12.1 Å². The van der Waals surface area contributed by atoms with Crippen LogP contribution in [-0.4, -0.2) is 17.5 Å². The summed E-state index contributed by atoms with van der Waals surface area (Å²) in [7, 11) is 0. The van der Waals surface area contributed by atoms with E-state index in [9.17, 15) is 4.79 Å². The predicted molar refractivity (Wildman–Crippen MR) is 70.4 cm³/mol. The molecule has 1 amide bonds. The Morgan fingerprint density at radius 3 is 2.89 bits per heavy atom. The first kappa shape index (κ1) is 12.4. The fraction of sp³-hybridized carbons (Fsp3) is 0.286. The van der Waals surface area contributed by atoms with E-state index in [0.29, 0.717) is 19.4 Å². The summed E-state index contributed by atoms with van der Waals surface area (Å²) >= 11 is 0. The summed E-state index contributed by atoms with van der Waals surface area (Å²) in [6.45, 7) is 2.44. The topological polar surface area (TPSA) is 65.2 Å². The minimum absolute atomic E-state index is 0.297. The molecule has 2 aromatic rings. The highest BCUT2D eigenvalue weighted by Gasteiger charge is 2.00. The molecule has 0 aliphatic rings. The minimum Gasteiger partial charge on any atom is -0.494 e. The van der Waals surface area contributed by atoms with E-state index in [2.05, 4.69) is 4.98 Å². The van der Waals surface area contributed by atoms with Crippen molar-refractivity contribution in [3.63, 3.8) is 0 Å². The highest BCUT2D eigenvalue weighted by molar-refractivity contribution is 5.80. The van der Waals surface area contributed by atoms with Crippen LogP contribution in [0.25, 0.3) is 10.9 Å². The molecule has 1 aromatic carbocycles. The molecule has 0 saturated carbocycles. The monoisotopic (exact) mass is 244 g/mol. The lowest BCUT2D eigenvalue weighted by atomic mass is 10.2. The number of amides is 1. The van der Waals surface area contributed by atoms with Gasteiger partial charge >= 0.3 is 0 Å². The fourth-order valence-electron chi connectivity index (χ4n) is 1.73. The van der Waals surface area contributed by atoms with E-state index in [4.69, 9.17) is 10.5 Å². The number of rotatable bonds is 5. The van der Waals surface area contributed by atoms with E-state index in [0.717, 1.165) is 22.3 Å². The third-order valence-corrected chi connectivity index (χ3v) is 2.64. The van der Waals surface area contributed by atoms with Gasteiger partial charge in [-0.2, -0.15) is 0 Å². The number of primary amides is 1. The number of carbonyl (C=O) groups is 1. The number of nitrogens with zero attached hydrogens (tertiary/aromatic N) is 1. The molecule has 0 fully saturated rings. The summed E-state index contributed by atoms with van der Waals surface area (Å²) in [6.07, 6.45) is 0.986. The van der Waals surface area contributed by atoms with Gasteiger partial charge in [-0.1, -0.05) is 6.07 Å². The highest BCUT2D eigenvalue weighted by Crippen LogP contribution is 2.19. The lowest BCUT2D eigenvalue weighted by Crippen LogP contribution is -2.11. The Balaban J connectivity index is 2.03. The largest absolute Gasteiger partial charge is 0.494 e. The first-order valence-electron chi connectivity index (χ1n) is 5.94. The fourth-order valence-corrected chi connectivity index (χ4v) is 1.73. The minimum atomic E-state index is -0.297. The normalized spacial score (nSPS) is 10.5. The van der Waals surface area contributed by atoms with E-state index in [1.165, 1.54) is 0 Å². The summed E-state index contributed by atoms with van der Waals surface area (Å²) < 4.78 is 5.56. The van der Waals surface area contributed by atoms with E-state index in [-0.39, 0.29) is 5.91 Å². The van der Waals surface area contributed by atoms with Gasteiger partial charge in [0, 0.05) is 23.6 Å². The van der Waals surface area contributed by atoms with Crippen LogP contribution >= 0.6 is 0 Å². The summed E-state index contributed by atoms with van der Waals surface area (Å²) in [5.74, 6) is 0.472. The van der Waals surface area contributed by atoms with Crippen LogP contribution < -0.4 is 10.5 Å². The van der Waals surface area contributed by atoms with Crippen molar-refractivity contribution in [3.8, 4) is 5.75 Å². The van der Waals surface area contributed by atoms with Crippen molar-refractivity contribution in [3.05, 3.63) is 36.0 Å². The van der Waals surface area contributed by atoms with Gasteiger partial charge in [0.25, 0.3) is 0 Å². The van der Waals surface area contributed by atoms with Crippen LogP contribution in [-0.2, 0) is 4.79 Å². The third kappa shape index (κ3) is 3.20.